The second kappa shape index (κ2) is 6.61. The van der Waals surface area contributed by atoms with Gasteiger partial charge in [0.15, 0.2) is 0 Å². The Hall–Kier alpha value is -2.04. The number of carbonyl (C=O) groups is 2. The standard InChI is InChI=1S/C16H21NO4/c1-16(10-6-5-9-13(16)14(18)19)17-15(20)21-11-12-7-3-2-4-8-12/h2-4,7-8,13H,5-6,9-11H2,1H3,(H,17,20)(H,18,19). The Labute approximate surface area is 124 Å². The van der Waals surface area contributed by atoms with Gasteiger partial charge >= 0.3 is 12.1 Å². The molecular weight excluding hydrogens is 270 g/mol. The number of hydrogen-bond acceptors (Lipinski definition) is 3. The molecule has 0 radical (unpaired) electrons. The van der Waals surface area contributed by atoms with Crippen LogP contribution in [-0.4, -0.2) is 22.7 Å². The fraction of sp³-hybridized carbons (Fsp3) is 0.500. The molecule has 0 aromatic heterocycles. The van der Waals surface area contributed by atoms with Gasteiger partial charge in [-0.3, -0.25) is 4.79 Å². The molecule has 5 nitrogen and oxygen atoms in total. The van der Waals surface area contributed by atoms with Crippen LogP contribution in [0.3, 0.4) is 0 Å². The lowest BCUT2D eigenvalue weighted by atomic mass is 9.74. The number of amides is 1. The van der Waals surface area contributed by atoms with E-state index in [9.17, 15) is 14.7 Å². The minimum absolute atomic E-state index is 0.181. The molecule has 0 bridgehead atoms. The molecule has 0 spiro atoms. The Kier molecular flexibility index (Phi) is 4.83. The Balaban J connectivity index is 1.92. The predicted molar refractivity (Wildman–Crippen MR) is 77.8 cm³/mol. The number of nitrogens with one attached hydrogen (secondary N) is 1. The summed E-state index contributed by atoms with van der Waals surface area (Å²) >= 11 is 0. The van der Waals surface area contributed by atoms with Crippen molar-refractivity contribution in [2.45, 2.75) is 44.8 Å². The normalized spacial score (nSPS) is 25.1. The van der Waals surface area contributed by atoms with Crippen molar-refractivity contribution in [1.29, 1.82) is 0 Å². The fourth-order valence-electron chi connectivity index (χ4n) is 2.87. The molecule has 1 saturated carbocycles. The number of rotatable bonds is 4. The van der Waals surface area contributed by atoms with Crippen LogP contribution in [0.5, 0.6) is 0 Å². The number of benzene rings is 1. The lowest BCUT2D eigenvalue weighted by Gasteiger charge is -2.39. The minimum atomic E-state index is -0.861. The van der Waals surface area contributed by atoms with E-state index in [2.05, 4.69) is 5.32 Å². The lowest BCUT2D eigenvalue weighted by molar-refractivity contribution is -0.145. The first-order chi connectivity index (χ1) is 10.0. The maximum atomic E-state index is 11.9. The summed E-state index contributed by atoms with van der Waals surface area (Å²) in [5.74, 6) is -1.42. The highest BCUT2D eigenvalue weighted by molar-refractivity contribution is 5.75. The average Bonchev–Trinajstić information content (AvgIpc) is 2.46. The number of alkyl carbamates (subject to hydrolysis) is 1. The zero-order valence-electron chi connectivity index (χ0n) is 12.2. The lowest BCUT2D eigenvalue weighted by Crippen LogP contribution is -2.55. The van der Waals surface area contributed by atoms with Gasteiger partial charge in [-0.05, 0) is 25.3 Å². The fourth-order valence-corrected chi connectivity index (χ4v) is 2.87. The van der Waals surface area contributed by atoms with Gasteiger partial charge in [-0.1, -0.05) is 43.2 Å². The van der Waals surface area contributed by atoms with Crippen LogP contribution in [0.15, 0.2) is 30.3 Å². The molecule has 1 aliphatic carbocycles. The first-order valence-electron chi connectivity index (χ1n) is 7.23. The Morgan fingerprint density at radius 1 is 1.33 bits per heavy atom. The zero-order valence-corrected chi connectivity index (χ0v) is 12.2. The number of aliphatic carboxylic acids is 1. The van der Waals surface area contributed by atoms with Crippen LogP contribution in [0.25, 0.3) is 0 Å². The molecule has 1 amide bonds. The quantitative estimate of drug-likeness (QED) is 0.894. The number of ether oxygens (including phenoxy) is 1. The molecule has 114 valence electrons. The number of carbonyl (C=O) groups excluding carboxylic acids is 1. The Morgan fingerprint density at radius 2 is 2.05 bits per heavy atom. The van der Waals surface area contributed by atoms with Crippen LogP contribution in [0.4, 0.5) is 4.79 Å². The summed E-state index contributed by atoms with van der Waals surface area (Å²) in [5, 5.41) is 12.1. The van der Waals surface area contributed by atoms with Crippen molar-refractivity contribution in [2.75, 3.05) is 0 Å². The van der Waals surface area contributed by atoms with E-state index >= 15 is 0 Å². The Morgan fingerprint density at radius 3 is 2.71 bits per heavy atom. The van der Waals surface area contributed by atoms with Crippen LogP contribution in [0.2, 0.25) is 0 Å². The molecule has 5 heteroatoms. The SMILES string of the molecule is CC1(NC(=O)OCc2ccccc2)CCCCC1C(=O)O. The van der Waals surface area contributed by atoms with Gasteiger partial charge in [-0.15, -0.1) is 0 Å². The molecule has 2 atom stereocenters. The largest absolute Gasteiger partial charge is 0.481 e. The van der Waals surface area contributed by atoms with E-state index in [1.165, 1.54) is 0 Å². The van der Waals surface area contributed by atoms with Gasteiger partial charge in [0.1, 0.15) is 6.61 Å². The minimum Gasteiger partial charge on any atom is -0.481 e. The van der Waals surface area contributed by atoms with Crippen LogP contribution < -0.4 is 5.32 Å². The van der Waals surface area contributed by atoms with Crippen LogP contribution in [0.1, 0.15) is 38.2 Å². The summed E-state index contributed by atoms with van der Waals surface area (Å²) in [6.45, 7) is 1.97. The van der Waals surface area contributed by atoms with E-state index in [0.29, 0.717) is 12.8 Å². The number of carboxylic acid groups (broad SMARTS) is 1. The highest BCUT2D eigenvalue weighted by Gasteiger charge is 2.42. The highest BCUT2D eigenvalue weighted by Crippen LogP contribution is 2.33. The number of hydrogen-bond donors (Lipinski definition) is 2. The van der Waals surface area contributed by atoms with Gasteiger partial charge in [0.05, 0.1) is 11.5 Å². The highest BCUT2D eigenvalue weighted by atomic mass is 16.5. The maximum absolute atomic E-state index is 11.9. The first kappa shape index (κ1) is 15.4. The topological polar surface area (TPSA) is 75.6 Å². The van der Waals surface area contributed by atoms with Gasteiger partial charge in [0.25, 0.3) is 0 Å². The molecule has 2 rings (SSSR count). The summed E-state index contributed by atoms with van der Waals surface area (Å²) < 4.78 is 5.18. The summed E-state index contributed by atoms with van der Waals surface area (Å²) in [4.78, 5) is 23.3. The molecule has 2 N–H and O–H groups in total. The monoisotopic (exact) mass is 291 g/mol. The molecule has 0 aliphatic heterocycles. The summed E-state index contributed by atoms with van der Waals surface area (Å²) in [6, 6.07) is 9.38. The second-order valence-corrected chi connectivity index (χ2v) is 5.74. The smallest absolute Gasteiger partial charge is 0.407 e. The van der Waals surface area contributed by atoms with Crippen LogP contribution in [-0.2, 0) is 16.1 Å². The average molecular weight is 291 g/mol. The van der Waals surface area contributed by atoms with Crippen molar-refractivity contribution in [3.05, 3.63) is 35.9 Å². The van der Waals surface area contributed by atoms with Crippen molar-refractivity contribution >= 4 is 12.1 Å². The van der Waals surface area contributed by atoms with Crippen molar-refractivity contribution in [3.63, 3.8) is 0 Å². The van der Waals surface area contributed by atoms with Crippen molar-refractivity contribution in [3.8, 4) is 0 Å². The molecular formula is C16H21NO4. The molecule has 0 saturated heterocycles. The third kappa shape index (κ3) is 3.97. The maximum Gasteiger partial charge on any atom is 0.407 e. The Bertz CT molecular complexity index is 502. The first-order valence-corrected chi connectivity index (χ1v) is 7.23. The van der Waals surface area contributed by atoms with Crippen molar-refractivity contribution in [2.24, 2.45) is 5.92 Å². The molecule has 21 heavy (non-hydrogen) atoms. The van der Waals surface area contributed by atoms with Gasteiger partial charge in [-0.2, -0.15) is 0 Å². The van der Waals surface area contributed by atoms with E-state index in [1.54, 1.807) is 6.92 Å². The third-order valence-corrected chi connectivity index (χ3v) is 4.11. The van der Waals surface area contributed by atoms with Crippen molar-refractivity contribution < 1.29 is 19.4 Å². The molecule has 1 aromatic rings. The van der Waals surface area contributed by atoms with Gasteiger partial charge in [0, 0.05) is 0 Å². The predicted octanol–water partition coefficient (Wildman–Crippen LogP) is 2.95. The zero-order chi connectivity index (χ0) is 15.3. The summed E-state index contributed by atoms with van der Waals surface area (Å²) in [6.07, 6.45) is 2.48. The molecule has 1 fully saturated rings. The summed E-state index contributed by atoms with van der Waals surface area (Å²) in [5.41, 5.74) is 0.161. The van der Waals surface area contributed by atoms with E-state index < -0.39 is 23.5 Å². The van der Waals surface area contributed by atoms with Gasteiger partial charge in [0.2, 0.25) is 0 Å². The van der Waals surface area contributed by atoms with Crippen LogP contribution in [0, 0.1) is 5.92 Å². The molecule has 0 heterocycles. The van der Waals surface area contributed by atoms with Crippen molar-refractivity contribution in [1.82, 2.24) is 5.32 Å². The van der Waals surface area contributed by atoms with E-state index in [4.69, 9.17) is 4.74 Å². The second-order valence-electron chi connectivity index (χ2n) is 5.74. The van der Waals surface area contributed by atoms with E-state index in [0.717, 1.165) is 18.4 Å². The number of carboxylic acids is 1. The van der Waals surface area contributed by atoms with Crippen LogP contribution >= 0.6 is 0 Å². The van der Waals surface area contributed by atoms with E-state index in [-0.39, 0.29) is 6.61 Å². The molecule has 1 aliphatic rings. The van der Waals surface area contributed by atoms with Gasteiger partial charge in [-0.25, -0.2) is 4.79 Å². The van der Waals surface area contributed by atoms with Gasteiger partial charge < -0.3 is 15.2 Å². The molecule has 1 aromatic carbocycles. The molecule has 2 unspecified atom stereocenters. The van der Waals surface area contributed by atoms with E-state index in [1.807, 2.05) is 30.3 Å². The third-order valence-electron chi connectivity index (χ3n) is 4.11. The summed E-state index contributed by atoms with van der Waals surface area (Å²) in [7, 11) is 0.